The molecule has 1 N–H and O–H groups in total. The predicted molar refractivity (Wildman–Crippen MR) is 124 cm³/mol. The highest BCUT2D eigenvalue weighted by Crippen LogP contribution is 2.40. The standard InChI is InChI=1S/C26H44N2O/c1-15-13-21(28(14-15)26(10,11)12)24(29)27-23(25(7,8)9)22-19(5)17(3)16(2)18(4)20(22)6/h15,21,23H,13-14H2,1-12H3,(H,27,29)/t15-,21+,23-/m1/s1. The fourth-order valence-corrected chi connectivity index (χ4v) is 4.96. The van der Waals surface area contributed by atoms with E-state index in [2.05, 4.69) is 93.3 Å². The first-order valence-corrected chi connectivity index (χ1v) is 11.2. The van der Waals surface area contributed by atoms with Gasteiger partial charge in [-0.25, -0.2) is 0 Å². The van der Waals surface area contributed by atoms with Crippen molar-refractivity contribution < 1.29 is 4.79 Å². The van der Waals surface area contributed by atoms with Gasteiger partial charge in [-0.15, -0.1) is 0 Å². The van der Waals surface area contributed by atoms with Gasteiger partial charge in [-0.05, 0) is 107 Å². The normalized spacial score (nSPS) is 22.1. The summed E-state index contributed by atoms with van der Waals surface area (Å²) in [7, 11) is 0. The third-order valence-electron chi connectivity index (χ3n) is 7.17. The van der Waals surface area contributed by atoms with Crippen molar-refractivity contribution in [1.82, 2.24) is 10.2 Å². The molecule has 1 saturated heterocycles. The van der Waals surface area contributed by atoms with Crippen LogP contribution in [0.15, 0.2) is 0 Å². The SMILES string of the molecule is Cc1c(C)c(C)c([C@@H](NC(=O)[C@@H]2C[C@@H](C)CN2C(C)(C)C)C(C)(C)C)c(C)c1C. The van der Waals surface area contributed by atoms with E-state index in [-0.39, 0.29) is 28.9 Å². The molecule has 3 atom stereocenters. The molecule has 0 bridgehead atoms. The van der Waals surface area contributed by atoms with Gasteiger partial charge in [-0.2, -0.15) is 0 Å². The predicted octanol–water partition coefficient (Wildman–Crippen LogP) is 5.94. The van der Waals surface area contributed by atoms with E-state index in [1.165, 1.54) is 33.4 Å². The Kier molecular flexibility index (Phi) is 6.65. The number of amides is 1. The number of hydrogen-bond acceptors (Lipinski definition) is 2. The van der Waals surface area contributed by atoms with Crippen LogP contribution in [0.5, 0.6) is 0 Å². The van der Waals surface area contributed by atoms with Gasteiger partial charge in [0.05, 0.1) is 12.1 Å². The maximum absolute atomic E-state index is 13.6. The van der Waals surface area contributed by atoms with Crippen molar-refractivity contribution >= 4 is 5.91 Å². The molecular formula is C26H44N2O. The van der Waals surface area contributed by atoms with Gasteiger partial charge in [-0.3, -0.25) is 9.69 Å². The van der Waals surface area contributed by atoms with Crippen molar-refractivity contribution in [3.63, 3.8) is 0 Å². The van der Waals surface area contributed by atoms with E-state index in [0.29, 0.717) is 5.92 Å². The molecule has 3 nitrogen and oxygen atoms in total. The third kappa shape index (κ3) is 4.71. The molecule has 0 unspecified atom stereocenters. The zero-order valence-electron chi connectivity index (χ0n) is 21.0. The minimum atomic E-state index is -0.0733. The Bertz CT molecular complexity index is 750. The van der Waals surface area contributed by atoms with Crippen LogP contribution < -0.4 is 5.32 Å². The summed E-state index contributed by atoms with van der Waals surface area (Å²) in [5, 5.41) is 3.51. The molecule has 1 fully saturated rings. The number of carbonyl (C=O) groups is 1. The molecule has 0 aliphatic carbocycles. The molecule has 3 heteroatoms. The van der Waals surface area contributed by atoms with E-state index in [0.717, 1.165) is 13.0 Å². The van der Waals surface area contributed by atoms with E-state index < -0.39 is 0 Å². The Hall–Kier alpha value is -1.35. The van der Waals surface area contributed by atoms with Gasteiger partial charge in [-0.1, -0.05) is 27.7 Å². The number of nitrogens with zero attached hydrogens (tertiary/aromatic N) is 1. The highest BCUT2D eigenvalue weighted by molar-refractivity contribution is 5.83. The number of carbonyl (C=O) groups excluding carboxylic acids is 1. The van der Waals surface area contributed by atoms with Crippen molar-refractivity contribution in [2.45, 2.75) is 107 Å². The third-order valence-corrected chi connectivity index (χ3v) is 7.17. The Morgan fingerprint density at radius 3 is 1.76 bits per heavy atom. The van der Waals surface area contributed by atoms with Gasteiger partial charge >= 0.3 is 0 Å². The summed E-state index contributed by atoms with van der Waals surface area (Å²) in [6.45, 7) is 27.7. The molecule has 0 saturated carbocycles. The first-order chi connectivity index (χ1) is 13.1. The lowest BCUT2D eigenvalue weighted by Crippen LogP contribution is -2.52. The summed E-state index contributed by atoms with van der Waals surface area (Å²) in [5.74, 6) is 0.726. The lowest BCUT2D eigenvalue weighted by molar-refractivity contribution is -0.128. The molecule has 0 aromatic heterocycles. The Labute approximate surface area is 179 Å². The molecule has 1 aliphatic heterocycles. The second-order valence-corrected chi connectivity index (χ2v) is 11.5. The lowest BCUT2D eigenvalue weighted by Gasteiger charge is -2.39. The van der Waals surface area contributed by atoms with E-state index in [9.17, 15) is 4.79 Å². The second-order valence-electron chi connectivity index (χ2n) is 11.5. The molecule has 0 radical (unpaired) electrons. The second kappa shape index (κ2) is 8.06. The van der Waals surface area contributed by atoms with Crippen LogP contribution in [0, 0.1) is 46.0 Å². The summed E-state index contributed by atoms with van der Waals surface area (Å²) in [6, 6.07) is -0.0613. The van der Waals surface area contributed by atoms with Gasteiger partial charge in [0.1, 0.15) is 0 Å². The number of rotatable bonds is 3. The molecule has 164 valence electrons. The molecule has 1 amide bonds. The van der Waals surface area contributed by atoms with Crippen molar-refractivity contribution in [2.24, 2.45) is 11.3 Å². The monoisotopic (exact) mass is 400 g/mol. The summed E-state index contributed by atoms with van der Waals surface area (Å²) in [4.78, 5) is 16.0. The van der Waals surface area contributed by atoms with Gasteiger partial charge in [0, 0.05) is 12.1 Å². The molecule has 1 aromatic carbocycles. The largest absolute Gasteiger partial charge is 0.347 e. The number of likely N-dealkylation sites (tertiary alicyclic amines) is 1. The van der Waals surface area contributed by atoms with Crippen molar-refractivity contribution in [3.8, 4) is 0 Å². The fraction of sp³-hybridized carbons (Fsp3) is 0.731. The molecule has 1 heterocycles. The average Bonchev–Trinajstić information content (AvgIpc) is 2.99. The van der Waals surface area contributed by atoms with E-state index in [1.54, 1.807) is 0 Å². The van der Waals surface area contributed by atoms with Crippen molar-refractivity contribution in [1.29, 1.82) is 0 Å². The Morgan fingerprint density at radius 1 is 0.897 bits per heavy atom. The van der Waals surface area contributed by atoms with Gasteiger partial charge in [0.25, 0.3) is 0 Å². The average molecular weight is 401 g/mol. The smallest absolute Gasteiger partial charge is 0.237 e. The maximum Gasteiger partial charge on any atom is 0.237 e. The van der Waals surface area contributed by atoms with Crippen LogP contribution in [0.1, 0.15) is 94.3 Å². The summed E-state index contributed by atoms with van der Waals surface area (Å²) in [5.41, 5.74) is 7.92. The van der Waals surface area contributed by atoms with Crippen LogP contribution in [0.2, 0.25) is 0 Å². The molecule has 1 aromatic rings. The summed E-state index contributed by atoms with van der Waals surface area (Å²) < 4.78 is 0. The van der Waals surface area contributed by atoms with Crippen LogP contribution in [-0.2, 0) is 4.79 Å². The van der Waals surface area contributed by atoms with E-state index in [4.69, 9.17) is 0 Å². The highest BCUT2D eigenvalue weighted by Gasteiger charge is 2.42. The van der Waals surface area contributed by atoms with Crippen LogP contribution in [0.4, 0.5) is 0 Å². The maximum atomic E-state index is 13.6. The first kappa shape index (κ1) is 23.9. The van der Waals surface area contributed by atoms with Crippen LogP contribution in [-0.4, -0.2) is 28.9 Å². The minimum absolute atomic E-state index is 0.00708. The molecular weight excluding hydrogens is 356 g/mol. The van der Waals surface area contributed by atoms with Crippen molar-refractivity contribution in [3.05, 3.63) is 33.4 Å². The van der Waals surface area contributed by atoms with Crippen LogP contribution in [0.3, 0.4) is 0 Å². The highest BCUT2D eigenvalue weighted by atomic mass is 16.2. The molecule has 29 heavy (non-hydrogen) atoms. The van der Waals surface area contributed by atoms with Crippen LogP contribution >= 0.6 is 0 Å². The fourth-order valence-electron chi connectivity index (χ4n) is 4.96. The van der Waals surface area contributed by atoms with E-state index in [1.807, 2.05) is 0 Å². The number of nitrogens with one attached hydrogen (secondary N) is 1. The first-order valence-electron chi connectivity index (χ1n) is 11.2. The topological polar surface area (TPSA) is 32.3 Å². The zero-order chi connectivity index (χ0) is 22.5. The lowest BCUT2D eigenvalue weighted by atomic mass is 9.76. The molecule has 2 rings (SSSR count). The number of benzene rings is 1. The summed E-state index contributed by atoms with van der Waals surface area (Å²) >= 11 is 0. The van der Waals surface area contributed by atoms with Crippen LogP contribution in [0.25, 0.3) is 0 Å². The molecule has 1 aliphatic rings. The number of hydrogen-bond donors (Lipinski definition) is 1. The quantitative estimate of drug-likeness (QED) is 0.681. The minimum Gasteiger partial charge on any atom is -0.347 e. The zero-order valence-corrected chi connectivity index (χ0v) is 21.0. The van der Waals surface area contributed by atoms with Gasteiger partial charge in [0.2, 0.25) is 5.91 Å². The molecule has 0 spiro atoms. The Balaban J connectivity index is 2.48. The van der Waals surface area contributed by atoms with E-state index >= 15 is 0 Å². The Morgan fingerprint density at radius 2 is 1.34 bits per heavy atom. The van der Waals surface area contributed by atoms with Gasteiger partial charge in [0.15, 0.2) is 0 Å². The summed E-state index contributed by atoms with van der Waals surface area (Å²) in [6.07, 6.45) is 0.934. The van der Waals surface area contributed by atoms with Gasteiger partial charge < -0.3 is 5.32 Å². The van der Waals surface area contributed by atoms with Crippen molar-refractivity contribution in [2.75, 3.05) is 6.54 Å².